The first-order valence-corrected chi connectivity index (χ1v) is 9.78. The number of carbonyl (C=O) groups is 3. The largest absolute Gasteiger partial charge is 0.481 e. The van der Waals surface area contributed by atoms with Crippen molar-refractivity contribution in [2.24, 2.45) is 0 Å². The number of para-hydroxylation sites is 1. The Kier molecular flexibility index (Phi) is 8.52. The number of carboxylic acid groups (broad SMARTS) is 1. The Labute approximate surface area is 175 Å². The fourth-order valence-corrected chi connectivity index (χ4v) is 3.73. The number of thiocarbonyl (C=S) groups is 1. The van der Waals surface area contributed by atoms with E-state index in [0.29, 0.717) is 16.3 Å². The van der Waals surface area contributed by atoms with Gasteiger partial charge in [0.2, 0.25) is 5.91 Å². The third-order valence-electron chi connectivity index (χ3n) is 3.74. The number of amides is 2. The van der Waals surface area contributed by atoms with E-state index in [1.807, 2.05) is 0 Å². The van der Waals surface area contributed by atoms with E-state index in [9.17, 15) is 23.2 Å². The Balaban J connectivity index is 1.94. The molecule has 0 spiro atoms. The number of hydrogen-bond donors (Lipinski definition) is 2. The predicted octanol–water partition coefficient (Wildman–Crippen LogP) is 2.86. The van der Waals surface area contributed by atoms with Crippen molar-refractivity contribution in [1.29, 1.82) is 0 Å². The van der Waals surface area contributed by atoms with E-state index in [0.717, 1.165) is 11.8 Å². The molecule has 2 rings (SSSR count). The zero-order valence-electron chi connectivity index (χ0n) is 15.1. The lowest BCUT2D eigenvalue weighted by Gasteiger charge is -2.14. The molecule has 1 aliphatic rings. The van der Waals surface area contributed by atoms with Crippen LogP contribution in [0.1, 0.15) is 24.8 Å². The summed E-state index contributed by atoms with van der Waals surface area (Å²) in [5, 5.41) is 11.0. The van der Waals surface area contributed by atoms with Gasteiger partial charge in [-0.1, -0.05) is 42.2 Å². The number of aliphatic carboxylic acids is 1. The summed E-state index contributed by atoms with van der Waals surface area (Å²) in [4.78, 5) is 36.3. The number of nitrogens with zero attached hydrogens (tertiary/aromatic N) is 1. The monoisotopic (exact) mass is 444 g/mol. The molecule has 0 aromatic heterocycles. The van der Waals surface area contributed by atoms with E-state index >= 15 is 0 Å². The number of ether oxygens (including phenoxy) is 1. The van der Waals surface area contributed by atoms with Crippen LogP contribution >= 0.6 is 24.0 Å². The van der Waals surface area contributed by atoms with Crippen LogP contribution in [0.3, 0.4) is 0 Å². The van der Waals surface area contributed by atoms with Gasteiger partial charge in [-0.2, -0.15) is 8.78 Å². The second-order valence-electron chi connectivity index (χ2n) is 5.85. The molecule has 2 amide bonds. The molecule has 0 unspecified atom stereocenters. The first kappa shape index (κ1) is 22.8. The fraction of sp³-hybridized carbons (Fsp3) is 0.333. The maximum absolute atomic E-state index is 12.6. The van der Waals surface area contributed by atoms with E-state index < -0.39 is 12.6 Å². The summed E-state index contributed by atoms with van der Waals surface area (Å²) < 4.78 is 29.8. The number of carboxylic acids is 1. The molecule has 0 saturated carbocycles. The van der Waals surface area contributed by atoms with Crippen molar-refractivity contribution < 1.29 is 33.0 Å². The molecule has 29 heavy (non-hydrogen) atoms. The van der Waals surface area contributed by atoms with Gasteiger partial charge in [-0.25, -0.2) is 0 Å². The van der Waals surface area contributed by atoms with Crippen LogP contribution in [0.15, 0.2) is 29.2 Å². The summed E-state index contributed by atoms with van der Waals surface area (Å²) >= 11 is 6.24. The normalized spacial score (nSPS) is 15.3. The number of thioether (sulfide) groups is 1. The Morgan fingerprint density at radius 3 is 2.72 bits per heavy atom. The number of benzene rings is 1. The van der Waals surface area contributed by atoms with Crippen molar-refractivity contribution in [1.82, 2.24) is 10.2 Å². The molecule has 2 N–H and O–H groups in total. The molecule has 1 heterocycles. The van der Waals surface area contributed by atoms with Crippen molar-refractivity contribution in [3.05, 3.63) is 34.7 Å². The zero-order valence-corrected chi connectivity index (χ0v) is 16.7. The van der Waals surface area contributed by atoms with Gasteiger partial charge in [0, 0.05) is 25.1 Å². The quantitative estimate of drug-likeness (QED) is 0.423. The standard InChI is InChI=1S/C18H18F2N2O5S2/c19-17(20)27-12-5-2-1-4-11(12)10-13-16(26)22(18(28)29-13)9-3-6-14(23)21-8-7-15(24)25/h1-2,4-5,10,17H,3,6-9H2,(H,21,23)(H,24,25)/b13-10-. The molecule has 11 heteroatoms. The Morgan fingerprint density at radius 1 is 1.31 bits per heavy atom. The summed E-state index contributed by atoms with van der Waals surface area (Å²) in [5.41, 5.74) is 0.325. The summed E-state index contributed by atoms with van der Waals surface area (Å²) in [6.45, 7) is -2.73. The lowest BCUT2D eigenvalue weighted by Crippen LogP contribution is -2.31. The number of halogens is 2. The molecule has 0 aliphatic carbocycles. The minimum atomic E-state index is -2.99. The molecule has 7 nitrogen and oxygen atoms in total. The first-order valence-electron chi connectivity index (χ1n) is 8.55. The maximum Gasteiger partial charge on any atom is 0.387 e. The van der Waals surface area contributed by atoms with Crippen LogP contribution in [-0.2, 0) is 14.4 Å². The highest BCUT2D eigenvalue weighted by molar-refractivity contribution is 8.26. The Bertz CT molecular complexity index is 832. The fourth-order valence-electron chi connectivity index (χ4n) is 2.43. The lowest BCUT2D eigenvalue weighted by atomic mass is 10.2. The van der Waals surface area contributed by atoms with Gasteiger partial charge in [0.25, 0.3) is 5.91 Å². The minimum Gasteiger partial charge on any atom is -0.481 e. The van der Waals surface area contributed by atoms with Crippen molar-refractivity contribution in [3.63, 3.8) is 0 Å². The maximum atomic E-state index is 12.6. The summed E-state index contributed by atoms with van der Waals surface area (Å²) in [7, 11) is 0. The average molecular weight is 444 g/mol. The van der Waals surface area contributed by atoms with E-state index in [-0.39, 0.29) is 48.4 Å². The third-order valence-corrected chi connectivity index (χ3v) is 5.12. The molecule has 0 radical (unpaired) electrons. The summed E-state index contributed by atoms with van der Waals surface area (Å²) in [5.74, 6) is -1.75. The molecular formula is C18H18F2N2O5S2. The second-order valence-corrected chi connectivity index (χ2v) is 7.52. The molecule has 0 atom stereocenters. The van der Waals surface area contributed by atoms with Crippen LogP contribution in [0.4, 0.5) is 8.78 Å². The Hall–Kier alpha value is -2.53. The minimum absolute atomic E-state index is 0.0397. The molecule has 1 aromatic carbocycles. The smallest absolute Gasteiger partial charge is 0.387 e. The molecule has 1 fully saturated rings. The molecule has 1 saturated heterocycles. The van der Waals surface area contributed by atoms with Gasteiger partial charge < -0.3 is 15.2 Å². The number of nitrogens with one attached hydrogen (secondary N) is 1. The summed E-state index contributed by atoms with van der Waals surface area (Å²) in [6.07, 6.45) is 1.72. The van der Waals surface area contributed by atoms with Crippen LogP contribution in [0.5, 0.6) is 5.75 Å². The number of alkyl halides is 2. The van der Waals surface area contributed by atoms with Gasteiger partial charge in [-0.15, -0.1) is 0 Å². The number of carbonyl (C=O) groups excluding carboxylic acids is 2. The highest BCUT2D eigenvalue weighted by Crippen LogP contribution is 2.34. The van der Waals surface area contributed by atoms with Crippen molar-refractivity contribution in [2.75, 3.05) is 13.1 Å². The van der Waals surface area contributed by atoms with Crippen LogP contribution in [-0.4, -0.2) is 51.8 Å². The van der Waals surface area contributed by atoms with Crippen molar-refractivity contribution in [3.8, 4) is 5.75 Å². The van der Waals surface area contributed by atoms with E-state index in [2.05, 4.69) is 10.1 Å². The molecule has 1 aromatic rings. The van der Waals surface area contributed by atoms with Gasteiger partial charge in [0.15, 0.2) is 0 Å². The average Bonchev–Trinajstić information content (AvgIpc) is 2.90. The van der Waals surface area contributed by atoms with E-state index in [4.69, 9.17) is 17.3 Å². The SMILES string of the molecule is O=C(O)CCNC(=O)CCCN1C(=O)/C(=C/c2ccccc2OC(F)F)SC1=S. The van der Waals surface area contributed by atoms with Crippen LogP contribution < -0.4 is 10.1 Å². The van der Waals surface area contributed by atoms with Crippen molar-refractivity contribution >= 4 is 52.2 Å². The Morgan fingerprint density at radius 2 is 2.03 bits per heavy atom. The topological polar surface area (TPSA) is 95.9 Å². The van der Waals surface area contributed by atoms with E-state index in [1.54, 1.807) is 18.2 Å². The second kappa shape index (κ2) is 10.9. The summed E-state index contributed by atoms with van der Waals surface area (Å²) in [6, 6.07) is 6.10. The molecule has 0 bridgehead atoms. The molecule has 1 aliphatic heterocycles. The number of rotatable bonds is 10. The van der Waals surface area contributed by atoms with Crippen LogP contribution in [0, 0.1) is 0 Å². The van der Waals surface area contributed by atoms with Crippen LogP contribution in [0.25, 0.3) is 6.08 Å². The molecule has 156 valence electrons. The van der Waals surface area contributed by atoms with Gasteiger partial charge in [-0.3, -0.25) is 19.3 Å². The zero-order chi connectivity index (χ0) is 21.4. The van der Waals surface area contributed by atoms with Gasteiger partial charge in [0.1, 0.15) is 10.1 Å². The highest BCUT2D eigenvalue weighted by Gasteiger charge is 2.31. The van der Waals surface area contributed by atoms with Gasteiger partial charge in [-0.05, 0) is 18.6 Å². The van der Waals surface area contributed by atoms with Crippen molar-refractivity contribution in [2.45, 2.75) is 25.9 Å². The highest BCUT2D eigenvalue weighted by atomic mass is 32.2. The first-order chi connectivity index (χ1) is 13.8. The van der Waals surface area contributed by atoms with Gasteiger partial charge in [0.05, 0.1) is 11.3 Å². The lowest BCUT2D eigenvalue weighted by molar-refractivity contribution is -0.137. The van der Waals surface area contributed by atoms with E-state index in [1.165, 1.54) is 17.0 Å². The van der Waals surface area contributed by atoms with Crippen LogP contribution in [0.2, 0.25) is 0 Å². The number of hydrogen-bond acceptors (Lipinski definition) is 6. The molecular weight excluding hydrogens is 426 g/mol. The predicted molar refractivity (Wildman–Crippen MR) is 107 cm³/mol. The van der Waals surface area contributed by atoms with Gasteiger partial charge >= 0.3 is 12.6 Å². The third kappa shape index (κ3) is 7.09.